The minimum Gasteiger partial charge on any atom is -0.333 e. The second-order valence-electron chi connectivity index (χ2n) is 4.64. The number of aromatic nitrogens is 2. The molecule has 84 valence electrons. The zero-order valence-electron chi connectivity index (χ0n) is 9.77. The van der Waals surface area contributed by atoms with Gasteiger partial charge >= 0.3 is 0 Å². The van der Waals surface area contributed by atoms with Crippen LogP contribution >= 0.6 is 0 Å². The predicted molar refractivity (Wildman–Crippen MR) is 61.0 cm³/mol. The molecule has 1 aromatic rings. The van der Waals surface area contributed by atoms with E-state index in [0.29, 0.717) is 12.0 Å². The summed E-state index contributed by atoms with van der Waals surface area (Å²) >= 11 is 0. The van der Waals surface area contributed by atoms with E-state index in [9.17, 15) is 0 Å². The van der Waals surface area contributed by atoms with Crippen molar-refractivity contribution in [3.63, 3.8) is 0 Å². The average Bonchev–Trinajstić information content (AvgIpc) is 2.50. The fourth-order valence-electron chi connectivity index (χ4n) is 1.77. The summed E-state index contributed by atoms with van der Waals surface area (Å²) in [5, 5.41) is 3.30. The summed E-state index contributed by atoms with van der Waals surface area (Å²) in [6.07, 6.45) is 3.96. The summed E-state index contributed by atoms with van der Waals surface area (Å²) in [4.78, 5) is 6.49. The lowest BCUT2D eigenvalue weighted by atomic mass is 10.00. The zero-order valence-corrected chi connectivity index (χ0v) is 9.77. The van der Waals surface area contributed by atoms with Crippen molar-refractivity contribution in [2.45, 2.75) is 25.4 Å². The fraction of sp³-hybridized carbons (Fsp3) is 0.727. The van der Waals surface area contributed by atoms with E-state index < -0.39 is 0 Å². The number of hydrogen-bond acceptors (Lipinski definition) is 3. The molecule has 1 fully saturated rings. The molecule has 0 bridgehead atoms. The van der Waals surface area contributed by atoms with E-state index in [2.05, 4.69) is 40.8 Å². The van der Waals surface area contributed by atoms with Gasteiger partial charge in [0.05, 0.1) is 6.33 Å². The van der Waals surface area contributed by atoms with Gasteiger partial charge in [-0.1, -0.05) is 0 Å². The molecular formula is C11H20N4. The second kappa shape index (κ2) is 4.33. The van der Waals surface area contributed by atoms with Crippen LogP contribution in [0.4, 0.5) is 0 Å². The summed E-state index contributed by atoms with van der Waals surface area (Å²) < 4.78 is 2.29. The van der Waals surface area contributed by atoms with Crippen molar-refractivity contribution >= 4 is 0 Å². The highest BCUT2D eigenvalue weighted by Gasteiger charge is 2.22. The highest BCUT2D eigenvalue weighted by Crippen LogP contribution is 2.19. The Bertz CT molecular complexity index is 314. The molecule has 0 radical (unpaired) electrons. The van der Waals surface area contributed by atoms with E-state index >= 15 is 0 Å². The monoisotopic (exact) mass is 208 g/mol. The first-order valence-corrected chi connectivity index (χ1v) is 5.55. The molecule has 1 aliphatic rings. The van der Waals surface area contributed by atoms with Gasteiger partial charge in [0.1, 0.15) is 0 Å². The standard InChI is InChI=1S/C11H20N4/c1-9(14(2)3)7-15-8-13-6-11(15)10-4-12-5-10/h6,8-10,12H,4-5,7H2,1-3H3. The topological polar surface area (TPSA) is 33.1 Å². The molecule has 0 aromatic carbocycles. The molecule has 0 aliphatic carbocycles. The van der Waals surface area contributed by atoms with Crippen molar-refractivity contribution in [3.8, 4) is 0 Å². The van der Waals surface area contributed by atoms with Crippen LogP contribution in [0.5, 0.6) is 0 Å². The van der Waals surface area contributed by atoms with Crippen LogP contribution in [0, 0.1) is 0 Å². The van der Waals surface area contributed by atoms with Gasteiger partial charge in [-0.2, -0.15) is 0 Å². The molecule has 1 aromatic heterocycles. The minimum atomic E-state index is 0.547. The number of nitrogens with zero attached hydrogens (tertiary/aromatic N) is 3. The predicted octanol–water partition coefficient (Wildman–Crippen LogP) is 0.520. The van der Waals surface area contributed by atoms with Crippen LogP contribution in [0.1, 0.15) is 18.5 Å². The summed E-state index contributed by atoms with van der Waals surface area (Å²) in [5.74, 6) is 0.668. The third kappa shape index (κ3) is 2.21. The van der Waals surface area contributed by atoms with Gasteiger partial charge < -0.3 is 14.8 Å². The van der Waals surface area contributed by atoms with Gasteiger partial charge in [-0.3, -0.25) is 0 Å². The molecule has 1 N–H and O–H groups in total. The molecule has 0 saturated carbocycles. The molecule has 4 nitrogen and oxygen atoms in total. The molecule has 1 unspecified atom stereocenters. The molecule has 2 heterocycles. The number of likely N-dealkylation sites (N-methyl/N-ethyl adjacent to an activating group) is 1. The van der Waals surface area contributed by atoms with Gasteiger partial charge in [0.15, 0.2) is 0 Å². The Labute approximate surface area is 91.3 Å². The number of rotatable bonds is 4. The number of hydrogen-bond donors (Lipinski definition) is 1. The minimum absolute atomic E-state index is 0.547. The van der Waals surface area contributed by atoms with Crippen molar-refractivity contribution < 1.29 is 0 Å². The highest BCUT2D eigenvalue weighted by molar-refractivity contribution is 5.11. The average molecular weight is 208 g/mol. The molecule has 2 rings (SSSR count). The van der Waals surface area contributed by atoms with Gasteiger partial charge in [-0.05, 0) is 21.0 Å². The molecule has 1 saturated heterocycles. The van der Waals surface area contributed by atoms with E-state index in [4.69, 9.17) is 0 Å². The van der Waals surface area contributed by atoms with Crippen LogP contribution in [0.25, 0.3) is 0 Å². The van der Waals surface area contributed by atoms with Gasteiger partial charge in [0.25, 0.3) is 0 Å². The third-order valence-corrected chi connectivity index (χ3v) is 3.29. The van der Waals surface area contributed by atoms with Gasteiger partial charge in [-0.25, -0.2) is 4.98 Å². The van der Waals surface area contributed by atoms with Gasteiger partial charge in [-0.15, -0.1) is 0 Å². The van der Waals surface area contributed by atoms with E-state index in [1.165, 1.54) is 5.69 Å². The molecule has 0 amide bonds. The van der Waals surface area contributed by atoms with Crippen molar-refractivity contribution in [1.29, 1.82) is 0 Å². The van der Waals surface area contributed by atoms with E-state index in [1.54, 1.807) is 0 Å². The van der Waals surface area contributed by atoms with Crippen LogP contribution < -0.4 is 5.32 Å². The van der Waals surface area contributed by atoms with Crippen LogP contribution in [-0.4, -0.2) is 47.7 Å². The Morgan fingerprint density at radius 1 is 1.60 bits per heavy atom. The Morgan fingerprint density at radius 3 is 2.87 bits per heavy atom. The molecule has 0 spiro atoms. The van der Waals surface area contributed by atoms with Crippen molar-refractivity contribution in [1.82, 2.24) is 19.8 Å². The van der Waals surface area contributed by atoms with Gasteiger partial charge in [0, 0.05) is 43.5 Å². The maximum Gasteiger partial charge on any atom is 0.0948 e. The Morgan fingerprint density at radius 2 is 2.33 bits per heavy atom. The van der Waals surface area contributed by atoms with Crippen LogP contribution in [0.3, 0.4) is 0 Å². The van der Waals surface area contributed by atoms with Crippen LogP contribution in [-0.2, 0) is 6.54 Å². The lowest BCUT2D eigenvalue weighted by molar-refractivity contribution is 0.278. The van der Waals surface area contributed by atoms with Crippen LogP contribution in [0.15, 0.2) is 12.5 Å². The first-order chi connectivity index (χ1) is 7.18. The van der Waals surface area contributed by atoms with Crippen molar-refractivity contribution in [3.05, 3.63) is 18.2 Å². The third-order valence-electron chi connectivity index (χ3n) is 3.29. The lowest BCUT2D eigenvalue weighted by Crippen LogP contribution is -2.41. The lowest BCUT2D eigenvalue weighted by Gasteiger charge is -2.29. The fourth-order valence-corrected chi connectivity index (χ4v) is 1.77. The normalized spacial score (nSPS) is 19.2. The largest absolute Gasteiger partial charge is 0.333 e. The molecule has 4 heteroatoms. The molecule has 15 heavy (non-hydrogen) atoms. The van der Waals surface area contributed by atoms with Crippen LogP contribution in [0.2, 0.25) is 0 Å². The number of nitrogens with one attached hydrogen (secondary N) is 1. The van der Waals surface area contributed by atoms with E-state index in [0.717, 1.165) is 19.6 Å². The number of imidazole rings is 1. The maximum atomic E-state index is 4.25. The Kier molecular flexibility index (Phi) is 3.07. The summed E-state index contributed by atoms with van der Waals surface area (Å²) in [7, 11) is 4.23. The zero-order chi connectivity index (χ0) is 10.8. The smallest absolute Gasteiger partial charge is 0.0948 e. The quantitative estimate of drug-likeness (QED) is 0.783. The van der Waals surface area contributed by atoms with Gasteiger partial charge in [0.2, 0.25) is 0 Å². The Balaban J connectivity index is 2.04. The highest BCUT2D eigenvalue weighted by atomic mass is 15.2. The van der Waals surface area contributed by atoms with Crippen molar-refractivity contribution in [2.24, 2.45) is 0 Å². The maximum absolute atomic E-state index is 4.25. The van der Waals surface area contributed by atoms with E-state index in [-0.39, 0.29) is 0 Å². The molecule has 1 atom stereocenters. The molecular weight excluding hydrogens is 188 g/mol. The summed E-state index contributed by atoms with van der Waals surface area (Å²) in [5.41, 5.74) is 1.38. The summed E-state index contributed by atoms with van der Waals surface area (Å²) in [6.45, 7) is 5.46. The first-order valence-electron chi connectivity index (χ1n) is 5.55. The SMILES string of the molecule is CC(Cn1cncc1C1CNC1)N(C)C. The van der Waals surface area contributed by atoms with Crippen molar-refractivity contribution in [2.75, 3.05) is 27.2 Å². The van der Waals surface area contributed by atoms with E-state index in [1.807, 2.05) is 12.5 Å². The Hall–Kier alpha value is -0.870. The second-order valence-corrected chi connectivity index (χ2v) is 4.64. The summed E-state index contributed by atoms with van der Waals surface area (Å²) in [6, 6.07) is 0.547. The first kappa shape index (κ1) is 10.6. The molecule has 1 aliphatic heterocycles.